The van der Waals surface area contributed by atoms with Crippen LogP contribution in [0.3, 0.4) is 0 Å². The van der Waals surface area contributed by atoms with Gasteiger partial charge in [0.25, 0.3) is 0 Å². The van der Waals surface area contributed by atoms with Crippen molar-refractivity contribution in [1.82, 2.24) is 0 Å². The predicted molar refractivity (Wildman–Crippen MR) is 101 cm³/mol. The molecule has 4 rings (SSSR count). The summed E-state index contributed by atoms with van der Waals surface area (Å²) in [6.45, 7) is 2.59. The van der Waals surface area contributed by atoms with Crippen LogP contribution < -0.4 is 10.1 Å². The summed E-state index contributed by atoms with van der Waals surface area (Å²) >= 11 is 0. The number of benzene rings is 3. The molecule has 0 bridgehead atoms. The standard InChI is InChI=1S/C22H21NO2/c1-2-25-20-13-12-19(17-10-6-7-11-18(17)20)23-21(24)22(14-15-22)16-8-4-3-5-9-16/h3-13H,2,14-15H2,1H3,(H,23,24). The summed E-state index contributed by atoms with van der Waals surface area (Å²) in [6.07, 6.45) is 1.80. The molecule has 0 spiro atoms. The molecule has 1 saturated carbocycles. The zero-order valence-corrected chi connectivity index (χ0v) is 14.3. The maximum Gasteiger partial charge on any atom is 0.235 e. The van der Waals surface area contributed by atoms with E-state index in [0.717, 1.165) is 40.6 Å². The lowest BCUT2D eigenvalue weighted by atomic mass is 9.94. The highest BCUT2D eigenvalue weighted by molar-refractivity contribution is 6.08. The number of carbonyl (C=O) groups excluding carboxylic acids is 1. The molecule has 0 unspecified atom stereocenters. The highest BCUT2D eigenvalue weighted by Gasteiger charge is 2.51. The molecule has 3 aromatic rings. The van der Waals surface area contributed by atoms with Gasteiger partial charge in [-0.3, -0.25) is 4.79 Å². The number of fused-ring (bicyclic) bond motifs is 1. The number of hydrogen-bond donors (Lipinski definition) is 1. The number of nitrogens with one attached hydrogen (secondary N) is 1. The molecule has 0 radical (unpaired) electrons. The van der Waals surface area contributed by atoms with Gasteiger partial charge in [-0.25, -0.2) is 0 Å². The van der Waals surface area contributed by atoms with Crippen molar-refractivity contribution in [3.8, 4) is 5.75 Å². The van der Waals surface area contributed by atoms with Crippen molar-refractivity contribution in [2.75, 3.05) is 11.9 Å². The minimum absolute atomic E-state index is 0.0769. The maximum atomic E-state index is 13.0. The third kappa shape index (κ3) is 2.76. The Labute approximate surface area is 147 Å². The second kappa shape index (κ2) is 6.25. The monoisotopic (exact) mass is 331 g/mol. The Morgan fingerprint density at radius 2 is 1.64 bits per heavy atom. The van der Waals surface area contributed by atoms with Crippen LogP contribution in [0.1, 0.15) is 25.3 Å². The number of ether oxygens (including phenoxy) is 1. The molecule has 0 heterocycles. The van der Waals surface area contributed by atoms with Gasteiger partial charge in [0.15, 0.2) is 0 Å². The smallest absolute Gasteiger partial charge is 0.235 e. The summed E-state index contributed by atoms with van der Waals surface area (Å²) in [6, 6.07) is 22.0. The van der Waals surface area contributed by atoms with Crippen LogP contribution in [-0.2, 0) is 10.2 Å². The second-order valence-electron chi connectivity index (χ2n) is 6.49. The molecular formula is C22H21NO2. The van der Waals surface area contributed by atoms with Gasteiger partial charge in [0.1, 0.15) is 5.75 Å². The van der Waals surface area contributed by atoms with Gasteiger partial charge in [-0.1, -0.05) is 54.6 Å². The van der Waals surface area contributed by atoms with E-state index in [2.05, 4.69) is 5.32 Å². The summed E-state index contributed by atoms with van der Waals surface area (Å²) in [7, 11) is 0. The van der Waals surface area contributed by atoms with Crippen LogP contribution in [0, 0.1) is 0 Å². The van der Waals surface area contributed by atoms with Crippen molar-refractivity contribution < 1.29 is 9.53 Å². The fraction of sp³-hybridized carbons (Fsp3) is 0.227. The molecule has 126 valence electrons. The van der Waals surface area contributed by atoms with Gasteiger partial charge < -0.3 is 10.1 Å². The predicted octanol–water partition coefficient (Wildman–Crippen LogP) is 4.91. The number of rotatable bonds is 5. The van der Waals surface area contributed by atoms with Crippen molar-refractivity contribution >= 4 is 22.4 Å². The number of carbonyl (C=O) groups is 1. The van der Waals surface area contributed by atoms with Gasteiger partial charge in [-0.2, -0.15) is 0 Å². The summed E-state index contributed by atoms with van der Waals surface area (Å²) in [4.78, 5) is 13.0. The molecule has 3 heteroatoms. The first-order chi connectivity index (χ1) is 12.2. The lowest BCUT2D eigenvalue weighted by Crippen LogP contribution is -2.27. The van der Waals surface area contributed by atoms with Gasteiger partial charge in [0, 0.05) is 16.5 Å². The Balaban J connectivity index is 1.68. The van der Waals surface area contributed by atoms with Crippen LogP contribution >= 0.6 is 0 Å². The van der Waals surface area contributed by atoms with Gasteiger partial charge in [0.05, 0.1) is 12.0 Å². The van der Waals surface area contributed by atoms with E-state index in [9.17, 15) is 4.79 Å². The Hall–Kier alpha value is -2.81. The molecule has 1 amide bonds. The molecule has 1 aliphatic carbocycles. The first-order valence-corrected chi connectivity index (χ1v) is 8.76. The van der Waals surface area contributed by atoms with Crippen LogP contribution in [0.25, 0.3) is 10.8 Å². The van der Waals surface area contributed by atoms with E-state index < -0.39 is 0 Å². The van der Waals surface area contributed by atoms with Crippen LogP contribution in [-0.4, -0.2) is 12.5 Å². The largest absolute Gasteiger partial charge is 0.493 e. The SMILES string of the molecule is CCOc1ccc(NC(=O)C2(c3ccccc3)CC2)c2ccccc12. The molecule has 1 aliphatic rings. The molecule has 1 N–H and O–H groups in total. The second-order valence-corrected chi connectivity index (χ2v) is 6.49. The van der Waals surface area contributed by atoms with Gasteiger partial charge >= 0.3 is 0 Å². The minimum Gasteiger partial charge on any atom is -0.493 e. The maximum absolute atomic E-state index is 13.0. The summed E-state index contributed by atoms with van der Waals surface area (Å²) in [5, 5.41) is 5.19. The van der Waals surface area contributed by atoms with Crippen molar-refractivity contribution in [3.63, 3.8) is 0 Å². The molecule has 1 fully saturated rings. The Morgan fingerprint density at radius 1 is 0.960 bits per heavy atom. The molecule has 0 saturated heterocycles. The van der Waals surface area contributed by atoms with E-state index in [-0.39, 0.29) is 11.3 Å². The molecule has 3 aromatic carbocycles. The number of hydrogen-bond acceptors (Lipinski definition) is 2. The zero-order chi connectivity index (χ0) is 17.3. The third-order valence-corrected chi connectivity index (χ3v) is 4.94. The fourth-order valence-corrected chi connectivity index (χ4v) is 3.43. The van der Waals surface area contributed by atoms with E-state index in [4.69, 9.17) is 4.74 Å². The highest BCUT2D eigenvalue weighted by Crippen LogP contribution is 2.49. The van der Waals surface area contributed by atoms with E-state index in [1.165, 1.54) is 0 Å². The normalized spacial score (nSPS) is 14.9. The molecule has 0 aromatic heterocycles. The van der Waals surface area contributed by atoms with Crippen molar-refractivity contribution in [2.24, 2.45) is 0 Å². The van der Waals surface area contributed by atoms with Crippen molar-refractivity contribution in [3.05, 3.63) is 72.3 Å². The minimum atomic E-state index is -0.374. The molecule has 3 nitrogen and oxygen atoms in total. The van der Waals surface area contributed by atoms with Crippen LogP contribution in [0.15, 0.2) is 66.7 Å². The third-order valence-electron chi connectivity index (χ3n) is 4.94. The lowest BCUT2D eigenvalue weighted by molar-refractivity contribution is -0.118. The zero-order valence-electron chi connectivity index (χ0n) is 14.3. The number of amides is 1. The van der Waals surface area contributed by atoms with E-state index in [1.54, 1.807) is 0 Å². The van der Waals surface area contributed by atoms with E-state index in [1.807, 2.05) is 73.7 Å². The molecular weight excluding hydrogens is 310 g/mol. The quantitative estimate of drug-likeness (QED) is 0.721. The topological polar surface area (TPSA) is 38.3 Å². The first kappa shape index (κ1) is 15.7. The molecule has 0 aliphatic heterocycles. The van der Waals surface area contributed by atoms with Crippen LogP contribution in [0.5, 0.6) is 5.75 Å². The van der Waals surface area contributed by atoms with Crippen LogP contribution in [0.2, 0.25) is 0 Å². The fourth-order valence-electron chi connectivity index (χ4n) is 3.43. The lowest BCUT2D eigenvalue weighted by Gasteiger charge is -2.18. The molecule has 25 heavy (non-hydrogen) atoms. The van der Waals surface area contributed by atoms with Gasteiger partial charge in [-0.15, -0.1) is 0 Å². The summed E-state index contributed by atoms with van der Waals surface area (Å²) in [5.74, 6) is 0.924. The van der Waals surface area contributed by atoms with Crippen molar-refractivity contribution in [1.29, 1.82) is 0 Å². The summed E-state index contributed by atoms with van der Waals surface area (Å²) < 4.78 is 5.72. The average Bonchev–Trinajstić information content (AvgIpc) is 3.47. The Kier molecular flexibility index (Phi) is 3.92. The van der Waals surface area contributed by atoms with E-state index >= 15 is 0 Å². The highest BCUT2D eigenvalue weighted by atomic mass is 16.5. The van der Waals surface area contributed by atoms with Crippen molar-refractivity contribution in [2.45, 2.75) is 25.2 Å². The number of anilines is 1. The van der Waals surface area contributed by atoms with Crippen LogP contribution in [0.4, 0.5) is 5.69 Å². The van der Waals surface area contributed by atoms with E-state index in [0.29, 0.717) is 6.61 Å². The van der Waals surface area contributed by atoms with Gasteiger partial charge in [0.2, 0.25) is 5.91 Å². The first-order valence-electron chi connectivity index (χ1n) is 8.76. The van der Waals surface area contributed by atoms with Gasteiger partial charge in [-0.05, 0) is 37.5 Å². The Morgan fingerprint density at radius 3 is 2.32 bits per heavy atom. The Bertz CT molecular complexity index is 914. The average molecular weight is 331 g/mol. The molecule has 0 atom stereocenters. The summed E-state index contributed by atoms with van der Waals surface area (Å²) in [5.41, 5.74) is 1.56.